The summed E-state index contributed by atoms with van der Waals surface area (Å²) in [5.41, 5.74) is 8.15. The number of ketones is 1. The first-order valence-electron chi connectivity index (χ1n) is 6.70. The molecule has 0 spiro atoms. The molecule has 0 aliphatic rings. The summed E-state index contributed by atoms with van der Waals surface area (Å²) in [6.45, 7) is 0. The van der Waals surface area contributed by atoms with E-state index in [0.717, 1.165) is 10.4 Å². The Morgan fingerprint density at radius 3 is 2.18 bits per heavy atom. The molecule has 1 heterocycles. The Morgan fingerprint density at radius 1 is 1.00 bits per heavy atom. The molecule has 0 amide bonds. The molecule has 0 atom stereocenters. The van der Waals surface area contributed by atoms with Crippen LogP contribution in [0.2, 0.25) is 0 Å². The highest BCUT2D eigenvalue weighted by molar-refractivity contribution is 7.18. The third-order valence-corrected chi connectivity index (χ3v) is 4.59. The van der Waals surface area contributed by atoms with Crippen LogP contribution in [0.4, 0.5) is 5.69 Å². The van der Waals surface area contributed by atoms with E-state index in [9.17, 15) is 10.1 Å². The number of carbonyl (C=O) groups is 1. The van der Waals surface area contributed by atoms with Crippen molar-refractivity contribution < 1.29 is 4.79 Å². The number of thiophene rings is 1. The highest BCUT2D eigenvalue weighted by Crippen LogP contribution is 2.39. The van der Waals surface area contributed by atoms with Crippen LogP contribution in [0.15, 0.2) is 60.7 Å². The summed E-state index contributed by atoms with van der Waals surface area (Å²) in [7, 11) is 0. The maximum absolute atomic E-state index is 12.6. The summed E-state index contributed by atoms with van der Waals surface area (Å²) >= 11 is 1.27. The second-order valence-corrected chi connectivity index (χ2v) is 5.74. The van der Waals surface area contributed by atoms with Gasteiger partial charge in [0.15, 0.2) is 0 Å². The molecule has 3 nitrogen and oxygen atoms in total. The van der Waals surface area contributed by atoms with Crippen molar-refractivity contribution >= 4 is 22.8 Å². The van der Waals surface area contributed by atoms with Crippen LogP contribution >= 0.6 is 11.3 Å². The number of nitriles is 1. The monoisotopic (exact) mass is 304 g/mol. The second-order valence-electron chi connectivity index (χ2n) is 4.72. The Bertz CT molecular complexity index is 861. The Morgan fingerprint density at radius 2 is 1.59 bits per heavy atom. The minimum atomic E-state index is -0.151. The first-order valence-corrected chi connectivity index (χ1v) is 7.51. The third kappa shape index (κ3) is 2.39. The van der Waals surface area contributed by atoms with E-state index in [1.165, 1.54) is 11.3 Å². The van der Waals surface area contributed by atoms with Crippen molar-refractivity contribution in [3.63, 3.8) is 0 Å². The molecule has 0 aliphatic heterocycles. The maximum Gasteiger partial charge on any atom is 0.205 e. The van der Waals surface area contributed by atoms with Gasteiger partial charge in [-0.2, -0.15) is 5.26 Å². The fourth-order valence-corrected chi connectivity index (χ4v) is 3.38. The van der Waals surface area contributed by atoms with Crippen LogP contribution in [0.25, 0.3) is 10.4 Å². The molecule has 1 aromatic heterocycles. The molecule has 0 saturated heterocycles. The van der Waals surface area contributed by atoms with Crippen molar-refractivity contribution in [1.82, 2.24) is 0 Å². The summed E-state index contributed by atoms with van der Waals surface area (Å²) in [4.78, 5) is 13.8. The van der Waals surface area contributed by atoms with Gasteiger partial charge in [0.05, 0.1) is 21.0 Å². The van der Waals surface area contributed by atoms with Gasteiger partial charge in [0.25, 0.3) is 0 Å². The van der Waals surface area contributed by atoms with Crippen molar-refractivity contribution in [2.75, 3.05) is 5.73 Å². The highest BCUT2D eigenvalue weighted by Gasteiger charge is 2.22. The van der Waals surface area contributed by atoms with E-state index in [4.69, 9.17) is 5.73 Å². The van der Waals surface area contributed by atoms with Gasteiger partial charge in [0, 0.05) is 5.56 Å². The van der Waals surface area contributed by atoms with Gasteiger partial charge in [-0.15, -0.1) is 11.3 Å². The molecular formula is C18H12N2OS. The molecule has 0 bridgehead atoms. The van der Waals surface area contributed by atoms with Gasteiger partial charge >= 0.3 is 0 Å². The van der Waals surface area contributed by atoms with Crippen LogP contribution in [0, 0.1) is 11.3 Å². The molecule has 4 heteroatoms. The lowest BCUT2D eigenvalue weighted by Crippen LogP contribution is -2.02. The van der Waals surface area contributed by atoms with Gasteiger partial charge in [0.1, 0.15) is 6.07 Å². The van der Waals surface area contributed by atoms with Crippen molar-refractivity contribution in [2.45, 2.75) is 0 Å². The van der Waals surface area contributed by atoms with E-state index in [2.05, 4.69) is 6.07 Å². The molecule has 106 valence electrons. The number of benzene rings is 2. The minimum absolute atomic E-state index is 0.151. The summed E-state index contributed by atoms with van der Waals surface area (Å²) in [6.07, 6.45) is 0. The minimum Gasteiger partial charge on any atom is -0.396 e. The SMILES string of the molecule is N#Cc1c(-c2ccccc2)sc(C(=O)c2ccccc2)c1N. The molecule has 3 rings (SSSR count). The Hall–Kier alpha value is -2.90. The number of anilines is 1. The molecule has 0 aliphatic carbocycles. The number of nitrogens with two attached hydrogens (primary N) is 1. The van der Waals surface area contributed by atoms with Crippen molar-refractivity contribution in [2.24, 2.45) is 0 Å². The van der Waals surface area contributed by atoms with Crippen LogP contribution in [-0.2, 0) is 0 Å². The van der Waals surface area contributed by atoms with Gasteiger partial charge < -0.3 is 5.73 Å². The van der Waals surface area contributed by atoms with Gasteiger partial charge in [-0.3, -0.25) is 4.79 Å². The fraction of sp³-hybridized carbons (Fsp3) is 0. The average Bonchev–Trinajstić information content (AvgIpc) is 2.92. The first-order chi connectivity index (χ1) is 10.7. The van der Waals surface area contributed by atoms with E-state index in [-0.39, 0.29) is 11.5 Å². The van der Waals surface area contributed by atoms with Gasteiger partial charge in [-0.25, -0.2) is 0 Å². The van der Waals surface area contributed by atoms with Gasteiger partial charge in [-0.05, 0) is 5.56 Å². The molecule has 0 saturated carbocycles. The predicted octanol–water partition coefficient (Wildman–Crippen LogP) is 4.10. The van der Waals surface area contributed by atoms with Gasteiger partial charge in [-0.1, -0.05) is 60.7 Å². The summed E-state index contributed by atoms with van der Waals surface area (Å²) in [5.74, 6) is -0.151. The fourth-order valence-electron chi connectivity index (χ4n) is 2.24. The van der Waals surface area contributed by atoms with Gasteiger partial charge in [0.2, 0.25) is 5.78 Å². The second kappa shape index (κ2) is 5.84. The number of nitrogen functional groups attached to an aromatic ring is 1. The Labute approximate surface area is 132 Å². The molecule has 0 unspecified atom stereocenters. The van der Waals surface area contributed by atoms with Crippen LogP contribution in [0.5, 0.6) is 0 Å². The highest BCUT2D eigenvalue weighted by atomic mass is 32.1. The van der Waals surface area contributed by atoms with Crippen LogP contribution in [-0.4, -0.2) is 5.78 Å². The zero-order valence-corrected chi connectivity index (χ0v) is 12.4. The molecule has 3 aromatic rings. The van der Waals surface area contributed by atoms with Crippen molar-refractivity contribution in [3.05, 3.63) is 76.7 Å². The van der Waals surface area contributed by atoms with E-state index < -0.39 is 0 Å². The summed E-state index contributed by atoms with van der Waals surface area (Å²) in [6, 6.07) is 20.6. The summed E-state index contributed by atoms with van der Waals surface area (Å²) < 4.78 is 0. The molecule has 2 aromatic carbocycles. The van der Waals surface area contributed by atoms with Crippen LogP contribution in [0.1, 0.15) is 20.8 Å². The molecule has 0 fully saturated rings. The largest absolute Gasteiger partial charge is 0.396 e. The standard InChI is InChI=1S/C18H12N2OS/c19-11-14-15(20)18(16(21)12-7-3-1-4-8-12)22-17(14)13-9-5-2-6-10-13/h1-10H,20H2. The average molecular weight is 304 g/mol. The molecule has 22 heavy (non-hydrogen) atoms. The van der Waals surface area contributed by atoms with E-state index in [0.29, 0.717) is 16.0 Å². The van der Waals surface area contributed by atoms with E-state index >= 15 is 0 Å². The Kier molecular flexibility index (Phi) is 3.73. The number of carbonyl (C=O) groups excluding carboxylic acids is 1. The predicted molar refractivity (Wildman–Crippen MR) is 88.8 cm³/mol. The normalized spacial score (nSPS) is 10.1. The van der Waals surface area contributed by atoms with Crippen LogP contribution < -0.4 is 5.73 Å². The van der Waals surface area contributed by atoms with E-state index in [1.54, 1.807) is 24.3 Å². The molecule has 0 radical (unpaired) electrons. The lowest BCUT2D eigenvalue weighted by molar-refractivity contribution is 0.104. The third-order valence-electron chi connectivity index (χ3n) is 3.34. The summed E-state index contributed by atoms with van der Waals surface area (Å²) in [5, 5.41) is 9.39. The number of hydrogen-bond donors (Lipinski definition) is 1. The lowest BCUT2D eigenvalue weighted by Gasteiger charge is -1.98. The zero-order chi connectivity index (χ0) is 15.5. The van der Waals surface area contributed by atoms with Crippen molar-refractivity contribution in [3.8, 4) is 16.5 Å². The number of hydrogen-bond acceptors (Lipinski definition) is 4. The van der Waals surface area contributed by atoms with Crippen molar-refractivity contribution in [1.29, 1.82) is 5.26 Å². The molecule has 2 N–H and O–H groups in total. The number of rotatable bonds is 3. The quantitative estimate of drug-likeness (QED) is 0.741. The lowest BCUT2D eigenvalue weighted by atomic mass is 10.1. The van der Waals surface area contributed by atoms with Crippen LogP contribution in [0.3, 0.4) is 0 Å². The smallest absolute Gasteiger partial charge is 0.205 e. The molecular weight excluding hydrogens is 292 g/mol. The van der Waals surface area contributed by atoms with E-state index in [1.807, 2.05) is 36.4 Å². The maximum atomic E-state index is 12.6. The Balaban J connectivity index is 2.14. The zero-order valence-electron chi connectivity index (χ0n) is 11.6. The first kappa shape index (κ1) is 14.1. The number of nitrogens with zero attached hydrogens (tertiary/aromatic N) is 1. The topological polar surface area (TPSA) is 66.9 Å².